The number of anilines is 1. The fourth-order valence-electron chi connectivity index (χ4n) is 3.46. The molecule has 4 rings (SSSR count). The number of aryl methyl sites for hydroxylation is 1. The van der Waals surface area contributed by atoms with Gasteiger partial charge in [0.15, 0.2) is 0 Å². The molecule has 8 heteroatoms. The standard InChI is InChI=1S/C19H23N5OS2/c1-13(15-4-5-18-17(10-15)22-14(2)26-18)23-6-8-24(9-7-23)19-20-11-16(12-21-19)27(3)25/h4-5,10-13H,6-9H2,1-3H3. The Kier molecular flexibility index (Phi) is 5.21. The predicted octanol–water partition coefficient (Wildman–Crippen LogP) is 3.02. The maximum absolute atomic E-state index is 11.5. The molecule has 3 heterocycles. The van der Waals surface area contributed by atoms with Crippen LogP contribution in [0, 0.1) is 6.92 Å². The van der Waals surface area contributed by atoms with Crippen molar-refractivity contribution >= 4 is 38.3 Å². The number of fused-ring (bicyclic) bond motifs is 1. The Bertz CT molecular complexity index is 964. The van der Waals surface area contributed by atoms with Crippen molar-refractivity contribution in [3.63, 3.8) is 0 Å². The largest absolute Gasteiger partial charge is 0.338 e. The summed E-state index contributed by atoms with van der Waals surface area (Å²) in [7, 11) is -1.04. The maximum atomic E-state index is 11.5. The summed E-state index contributed by atoms with van der Waals surface area (Å²) in [6.07, 6.45) is 4.97. The van der Waals surface area contributed by atoms with Crippen LogP contribution in [-0.4, -0.2) is 56.5 Å². The highest BCUT2D eigenvalue weighted by Crippen LogP contribution is 2.28. The fraction of sp³-hybridized carbons (Fsp3) is 0.421. The number of nitrogens with zero attached hydrogens (tertiary/aromatic N) is 5. The van der Waals surface area contributed by atoms with Crippen LogP contribution in [0.1, 0.15) is 23.5 Å². The average molecular weight is 402 g/mol. The van der Waals surface area contributed by atoms with Crippen LogP contribution in [0.3, 0.4) is 0 Å². The van der Waals surface area contributed by atoms with Gasteiger partial charge in [0.25, 0.3) is 0 Å². The highest BCUT2D eigenvalue weighted by atomic mass is 32.2. The van der Waals surface area contributed by atoms with Gasteiger partial charge in [0.05, 0.1) is 30.9 Å². The van der Waals surface area contributed by atoms with Crippen molar-refractivity contribution in [2.75, 3.05) is 37.3 Å². The van der Waals surface area contributed by atoms with Gasteiger partial charge in [0.1, 0.15) is 0 Å². The average Bonchev–Trinajstić information content (AvgIpc) is 3.07. The molecule has 3 aromatic rings. The zero-order valence-electron chi connectivity index (χ0n) is 15.8. The molecule has 27 heavy (non-hydrogen) atoms. The van der Waals surface area contributed by atoms with E-state index in [9.17, 15) is 4.21 Å². The molecule has 1 aliphatic heterocycles. The molecule has 0 bridgehead atoms. The zero-order chi connectivity index (χ0) is 19.0. The predicted molar refractivity (Wildman–Crippen MR) is 111 cm³/mol. The summed E-state index contributed by atoms with van der Waals surface area (Å²) in [5.74, 6) is 0.718. The normalized spacial score (nSPS) is 18.0. The second kappa shape index (κ2) is 7.61. The molecule has 142 valence electrons. The number of rotatable bonds is 4. The van der Waals surface area contributed by atoms with Crippen molar-refractivity contribution in [1.29, 1.82) is 0 Å². The van der Waals surface area contributed by atoms with E-state index < -0.39 is 10.8 Å². The lowest BCUT2D eigenvalue weighted by molar-refractivity contribution is 0.198. The van der Waals surface area contributed by atoms with Gasteiger partial charge in [0.2, 0.25) is 5.95 Å². The summed E-state index contributed by atoms with van der Waals surface area (Å²) >= 11 is 1.74. The second-order valence-electron chi connectivity index (χ2n) is 6.83. The quantitative estimate of drug-likeness (QED) is 0.670. The monoisotopic (exact) mass is 401 g/mol. The lowest BCUT2D eigenvalue weighted by Gasteiger charge is -2.38. The number of hydrogen-bond donors (Lipinski definition) is 0. The Hall–Kier alpha value is -1.90. The van der Waals surface area contributed by atoms with Crippen LogP contribution in [0.2, 0.25) is 0 Å². The molecular weight excluding hydrogens is 378 g/mol. The molecule has 0 N–H and O–H groups in total. The summed E-state index contributed by atoms with van der Waals surface area (Å²) in [6, 6.07) is 6.99. The smallest absolute Gasteiger partial charge is 0.225 e. The molecule has 1 saturated heterocycles. The summed E-state index contributed by atoms with van der Waals surface area (Å²) in [5.41, 5.74) is 2.41. The van der Waals surface area contributed by atoms with E-state index in [4.69, 9.17) is 0 Å². The van der Waals surface area contributed by atoms with Gasteiger partial charge in [-0.3, -0.25) is 9.11 Å². The van der Waals surface area contributed by atoms with E-state index in [-0.39, 0.29) is 0 Å². The molecule has 0 radical (unpaired) electrons. The van der Waals surface area contributed by atoms with Crippen molar-refractivity contribution < 1.29 is 4.21 Å². The van der Waals surface area contributed by atoms with Crippen molar-refractivity contribution in [1.82, 2.24) is 19.9 Å². The first kappa shape index (κ1) is 18.5. The number of benzene rings is 1. The Morgan fingerprint density at radius 3 is 2.52 bits per heavy atom. The Morgan fingerprint density at radius 1 is 1.15 bits per heavy atom. The number of piperazine rings is 1. The molecule has 6 nitrogen and oxygen atoms in total. The Balaban J connectivity index is 1.42. The van der Waals surface area contributed by atoms with Crippen LogP contribution in [0.5, 0.6) is 0 Å². The SMILES string of the molecule is Cc1nc2cc(C(C)N3CCN(c4ncc(S(C)=O)cn4)CC3)ccc2s1. The molecule has 0 spiro atoms. The van der Waals surface area contributed by atoms with Crippen molar-refractivity contribution in [2.45, 2.75) is 24.8 Å². The van der Waals surface area contributed by atoms with Crippen LogP contribution in [0.4, 0.5) is 5.95 Å². The highest BCUT2D eigenvalue weighted by molar-refractivity contribution is 7.84. The van der Waals surface area contributed by atoms with Crippen molar-refractivity contribution in [3.8, 4) is 0 Å². The lowest BCUT2D eigenvalue weighted by atomic mass is 10.1. The van der Waals surface area contributed by atoms with Crippen LogP contribution < -0.4 is 4.90 Å². The second-order valence-corrected chi connectivity index (χ2v) is 9.45. The van der Waals surface area contributed by atoms with Crippen LogP contribution >= 0.6 is 11.3 Å². The summed E-state index contributed by atoms with van der Waals surface area (Å²) in [4.78, 5) is 18.7. The van der Waals surface area contributed by atoms with Gasteiger partial charge in [-0.05, 0) is 31.5 Å². The van der Waals surface area contributed by atoms with Gasteiger partial charge in [0, 0.05) is 50.9 Å². The van der Waals surface area contributed by atoms with Crippen molar-refractivity contribution in [3.05, 3.63) is 41.2 Å². The Labute approximate surface area is 165 Å². The van der Waals surface area contributed by atoms with Crippen LogP contribution in [-0.2, 0) is 10.8 Å². The van der Waals surface area contributed by atoms with E-state index in [1.807, 2.05) is 0 Å². The van der Waals surface area contributed by atoms with E-state index >= 15 is 0 Å². The van der Waals surface area contributed by atoms with Gasteiger partial charge >= 0.3 is 0 Å². The molecular formula is C19H23N5OS2. The lowest BCUT2D eigenvalue weighted by Crippen LogP contribution is -2.47. The molecule has 1 fully saturated rings. The third-order valence-electron chi connectivity index (χ3n) is 5.09. The molecule has 0 amide bonds. The fourth-order valence-corrected chi connectivity index (χ4v) is 4.67. The zero-order valence-corrected chi connectivity index (χ0v) is 17.4. The number of aromatic nitrogens is 3. The van der Waals surface area contributed by atoms with Crippen LogP contribution in [0.25, 0.3) is 10.2 Å². The molecule has 1 aromatic carbocycles. The van der Waals surface area contributed by atoms with E-state index in [1.54, 1.807) is 30.0 Å². The van der Waals surface area contributed by atoms with E-state index in [2.05, 4.69) is 56.8 Å². The van der Waals surface area contributed by atoms with Crippen LogP contribution in [0.15, 0.2) is 35.5 Å². The maximum Gasteiger partial charge on any atom is 0.225 e. The first-order valence-corrected chi connectivity index (χ1v) is 11.4. The molecule has 2 aromatic heterocycles. The molecule has 0 aliphatic carbocycles. The van der Waals surface area contributed by atoms with E-state index in [0.717, 1.165) is 42.7 Å². The third-order valence-corrected chi connectivity index (χ3v) is 6.92. The number of hydrogen-bond acceptors (Lipinski definition) is 7. The van der Waals surface area contributed by atoms with Gasteiger partial charge in [-0.1, -0.05) is 6.07 Å². The first-order chi connectivity index (χ1) is 13.0. The topological polar surface area (TPSA) is 62.2 Å². The molecule has 2 unspecified atom stereocenters. The van der Waals surface area contributed by atoms with Gasteiger partial charge in [-0.2, -0.15) is 0 Å². The summed E-state index contributed by atoms with van der Waals surface area (Å²) < 4.78 is 12.7. The minimum Gasteiger partial charge on any atom is -0.338 e. The van der Waals surface area contributed by atoms with Gasteiger partial charge < -0.3 is 4.90 Å². The minimum absolute atomic E-state index is 0.351. The molecule has 1 aliphatic rings. The first-order valence-electron chi connectivity index (χ1n) is 9.03. The molecule has 2 atom stereocenters. The third kappa shape index (κ3) is 3.88. The Morgan fingerprint density at radius 2 is 1.85 bits per heavy atom. The van der Waals surface area contributed by atoms with E-state index in [0.29, 0.717) is 10.9 Å². The number of thiazole rings is 1. The van der Waals surface area contributed by atoms with E-state index in [1.165, 1.54) is 10.3 Å². The van der Waals surface area contributed by atoms with Gasteiger partial charge in [-0.15, -0.1) is 11.3 Å². The minimum atomic E-state index is -1.04. The molecule has 0 saturated carbocycles. The highest BCUT2D eigenvalue weighted by Gasteiger charge is 2.23. The van der Waals surface area contributed by atoms with Gasteiger partial charge in [-0.25, -0.2) is 15.0 Å². The summed E-state index contributed by atoms with van der Waals surface area (Å²) in [5, 5.41) is 1.11. The van der Waals surface area contributed by atoms with Crippen molar-refractivity contribution in [2.24, 2.45) is 0 Å². The summed E-state index contributed by atoms with van der Waals surface area (Å²) in [6.45, 7) is 8.01.